The number of ether oxygens (including phenoxy) is 1. The molecule has 2 aromatic rings. The zero-order chi connectivity index (χ0) is 16.7. The Balaban J connectivity index is 2.30. The van der Waals surface area contributed by atoms with Crippen LogP contribution in [0.5, 0.6) is 0 Å². The van der Waals surface area contributed by atoms with E-state index < -0.39 is 6.09 Å². The lowest BCUT2D eigenvalue weighted by atomic mass is 10.1. The van der Waals surface area contributed by atoms with E-state index in [9.17, 15) is 4.79 Å². The predicted molar refractivity (Wildman–Crippen MR) is 98.8 cm³/mol. The Morgan fingerprint density at radius 2 is 2.13 bits per heavy atom. The van der Waals surface area contributed by atoms with Crippen LogP contribution in [0.2, 0.25) is 5.02 Å². The molecule has 0 saturated heterocycles. The van der Waals surface area contributed by atoms with Gasteiger partial charge in [0.15, 0.2) is 0 Å². The highest BCUT2D eigenvalue weighted by molar-refractivity contribution is 7.98. The number of thioether (sulfide) groups is 1. The minimum absolute atomic E-state index is 0.602. The Kier molecular flexibility index (Phi) is 6.95. The van der Waals surface area contributed by atoms with Crippen molar-refractivity contribution in [3.05, 3.63) is 56.7 Å². The van der Waals surface area contributed by atoms with E-state index in [1.54, 1.807) is 23.5 Å². The molecule has 0 aliphatic rings. The number of hydrogen-bond donors (Lipinski definition) is 1. The summed E-state index contributed by atoms with van der Waals surface area (Å²) in [5, 5.41) is 6.98. The smallest absolute Gasteiger partial charge is 0.427 e. The number of hydrogen-bond acceptors (Lipinski definition) is 5. The quantitative estimate of drug-likeness (QED) is 0.590. The molecule has 122 valence electrons. The molecular weight excluding hydrogens is 352 g/mol. The Morgan fingerprint density at radius 1 is 1.39 bits per heavy atom. The van der Waals surface area contributed by atoms with Gasteiger partial charge in [0.1, 0.15) is 5.71 Å². The zero-order valence-electron chi connectivity index (χ0n) is 12.8. The normalized spacial score (nSPS) is 11.3. The fourth-order valence-electron chi connectivity index (χ4n) is 1.81. The van der Waals surface area contributed by atoms with Gasteiger partial charge in [-0.15, -0.1) is 11.3 Å². The van der Waals surface area contributed by atoms with Gasteiger partial charge in [-0.05, 0) is 34.9 Å². The van der Waals surface area contributed by atoms with Gasteiger partial charge in [0.2, 0.25) is 0 Å². The Morgan fingerprint density at radius 3 is 2.78 bits per heavy atom. The highest BCUT2D eigenvalue weighted by Gasteiger charge is 2.11. The Hall–Kier alpha value is -1.50. The number of nitrogens with zero attached hydrogens (tertiary/aromatic N) is 1. The summed E-state index contributed by atoms with van der Waals surface area (Å²) in [7, 11) is 1.30. The van der Waals surface area contributed by atoms with E-state index in [0.29, 0.717) is 10.7 Å². The van der Waals surface area contributed by atoms with E-state index in [2.05, 4.69) is 33.6 Å². The molecule has 0 atom stereocenters. The van der Waals surface area contributed by atoms with Crippen LogP contribution in [0.25, 0.3) is 0 Å². The summed E-state index contributed by atoms with van der Waals surface area (Å²) in [5.41, 5.74) is 5.20. The number of hydrazone groups is 1. The molecule has 1 amide bonds. The summed E-state index contributed by atoms with van der Waals surface area (Å²) in [5.74, 6) is 2.04. The molecule has 23 heavy (non-hydrogen) atoms. The molecule has 2 rings (SSSR count). The van der Waals surface area contributed by atoms with Gasteiger partial charge >= 0.3 is 6.09 Å². The van der Waals surface area contributed by atoms with E-state index in [4.69, 9.17) is 11.6 Å². The lowest BCUT2D eigenvalue weighted by Gasteiger charge is -2.05. The van der Waals surface area contributed by atoms with E-state index in [1.807, 2.05) is 23.9 Å². The van der Waals surface area contributed by atoms with Crippen LogP contribution in [0.1, 0.15) is 22.9 Å². The number of rotatable bonds is 6. The van der Waals surface area contributed by atoms with Gasteiger partial charge < -0.3 is 4.74 Å². The molecule has 0 spiro atoms. The van der Waals surface area contributed by atoms with Gasteiger partial charge in [-0.2, -0.15) is 16.9 Å². The highest BCUT2D eigenvalue weighted by atomic mass is 35.5. The molecule has 0 unspecified atom stereocenters. The van der Waals surface area contributed by atoms with Crippen LogP contribution < -0.4 is 5.43 Å². The minimum atomic E-state index is -0.602. The Labute approximate surface area is 148 Å². The van der Waals surface area contributed by atoms with Gasteiger partial charge in [0, 0.05) is 16.3 Å². The van der Waals surface area contributed by atoms with Crippen LogP contribution in [0, 0.1) is 0 Å². The van der Waals surface area contributed by atoms with Crippen LogP contribution in [0.4, 0.5) is 4.79 Å². The minimum Gasteiger partial charge on any atom is -0.452 e. The number of amides is 1. The molecule has 1 aromatic carbocycles. The van der Waals surface area contributed by atoms with Gasteiger partial charge in [-0.3, -0.25) is 0 Å². The maximum absolute atomic E-state index is 11.3. The van der Waals surface area contributed by atoms with Gasteiger partial charge in [0.25, 0.3) is 0 Å². The molecule has 4 nitrogen and oxygen atoms in total. The summed E-state index contributed by atoms with van der Waals surface area (Å²) in [4.78, 5) is 12.3. The van der Waals surface area contributed by atoms with E-state index in [-0.39, 0.29) is 0 Å². The number of thiophene rings is 1. The van der Waals surface area contributed by atoms with Crippen molar-refractivity contribution in [3.63, 3.8) is 0 Å². The van der Waals surface area contributed by atoms with Crippen molar-refractivity contribution in [2.45, 2.75) is 12.7 Å². The van der Waals surface area contributed by atoms with E-state index >= 15 is 0 Å². The van der Waals surface area contributed by atoms with Crippen LogP contribution in [0.3, 0.4) is 0 Å². The topological polar surface area (TPSA) is 50.7 Å². The molecule has 7 heteroatoms. The van der Waals surface area contributed by atoms with Crippen LogP contribution >= 0.6 is 34.7 Å². The third kappa shape index (κ3) is 5.27. The first-order valence-corrected chi connectivity index (χ1v) is 9.38. The summed E-state index contributed by atoms with van der Waals surface area (Å²) in [6.07, 6.45) is -0.602. The SMILES string of the molecule is CCSCc1csc(C(=NNC(=O)OC)c2ccc(Cl)cc2)c1. The lowest BCUT2D eigenvalue weighted by Crippen LogP contribution is -2.19. The first-order valence-electron chi connectivity index (χ1n) is 6.97. The molecule has 1 heterocycles. The van der Waals surface area contributed by atoms with Crippen molar-refractivity contribution >= 4 is 46.5 Å². The summed E-state index contributed by atoms with van der Waals surface area (Å²) >= 11 is 9.41. The first kappa shape index (κ1) is 17.8. The number of nitrogens with one attached hydrogen (secondary N) is 1. The fourth-order valence-corrected chi connectivity index (χ4v) is 3.57. The predicted octanol–water partition coefficient (Wildman–Crippen LogP) is 4.76. The maximum Gasteiger partial charge on any atom is 0.427 e. The van der Waals surface area contributed by atoms with Crippen LogP contribution in [-0.2, 0) is 10.5 Å². The summed E-state index contributed by atoms with van der Waals surface area (Å²) < 4.78 is 4.57. The second-order valence-electron chi connectivity index (χ2n) is 4.53. The summed E-state index contributed by atoms with van der Waals surface area (Å²) in [6.45, 7) is 2.14. The summed E-state index contributed by atoms with van der Waals surface area (Å²) in [6, 6.07) is 9.44. The molecule has 0 fully saturated rings. The average molecular weight is 369 g/mol. The van der Waals surface area contributed by atoms with Crippen molar-refractivity contribution < 1.29 is 9.53 Å². The molecule has 0 saturated carbocycles. The van der Waals surface area contributed by atoms with Gasteiger partial charge in [0.05, 0.1) is 12.0 Å². The second kappa shape index (κ2) is 8.96. The van der Waals surface area contributed by atoms with Crippen molar-refractivity contribution in [2.24, 2.45) is 5.10 Å². The standard InChI is InChI=1S/C16H17ClN2O2S2/c1-3-22-9-11-8-14(23-10-11)15(18-19-16(20)21-2)12-4-6-13(17)7-5-12/h4-8,10H,3,9H2,1-2H3,(H,19,20). The van der Waals surface area contributed by atoms with Crippen molar-refractivity contribution in [1.82, 2.24) is 5.43 Å². The van der Waals surface area contributed by atoms with Gasteiger partial charge in [-0.25, -0.2) is 10.2 Å². The van der Waals surface area contributed by atoms with Crippen molar-refractivity contribution in [1.29, 1.82) is 0 Å². The number of benzene rings is 1. The number of carbonyl (C=O) groups excluding carboxylic acids is 1. The monoisotopic (exact) mass is 368 g/mol. The van der Waals surface area contributed by atoms with Crippen LogP contribution in [0.15, 0.2) is 40.8 Å². The van der Waals surface area contributed by atoms with E-state index in [1.165, 1.54) is 12.7 Å². The molecular formula is C16H17ClN2O2S2. The number of methoxy groups -OCH3 is 1. The average Bonchev–Trinajstić information content (AvgIpc) is 3.03. The Bertz CT molecular complexity index is 684. The number of halogens is 1. The number of carbonyl (C=O) groups is 1. The van der Waals surface area contributed by atoms with E-state index in [0.717, 1.165) is 21.9 Å². The fraction of sp³-hybridized carbons (Fsp3) is 0.250. The second-order valence-corrected chi connectivity index (χ2v) is 7.15. The molecule has 0 aliphatic heterocycles. The molecule has 0 bridgehead atoms. The van der Waals surface area contributed by atoms with Crippen molar-refractivity contribution in [3.8, 4) is 0 Å². The lowest BCUT2D eigenvalue weighted by molar-refractivity contribution is 0.171. The molecule has 0 radical (unpaired) electrons. The zero-order valence-corrected chi connectivity index (χ0v) is 15.2. The van der Waals surface area contributed by atoms with Gasteiger partial charge in [-0.1, -0.05) is 30.7 Å². The van der Waals surface area contributed by atoms with Crippen molar-refractivity contribution in [2.75, 3.05) is 12.9 Å². The molecule has 0 aliphatic carbocycles. The first-order chi connectivity index (χ1) is 11.1. The largest absolute Gasteiger partial charge is 0.452 e. The highest BCUT2D eigenvalue weighted by Crippen LogP contribution is 2.23. The molecule has 1 aromatic heterocycles. The van der Waals surface area contributed by atoms with Crippen LogP contribution in [-0.4, -0.2) is 24.7 Å². The third-order valence-electron chi connectivity index (χ3n) is 2.92. The maximum atomic E-state index is 11.3. The molecule has 1 N–H and O–H groups in total. The third-order valence-corrected chi connectivity index (χ3v) is 5.11.